The Morgan fingerprint density at radius 1 is 1.19 bits per heavy atom. The van der Waals surface area contributed by atoms with Crippen LogP contribution in [0.3, 0.4) is 0 Å². The zero-order valence-corrected chi connectivity index (χ0v) is 14.6. The Morgan fingerprint density at radius 3 is 2.67 bits per heavy atom. The average molecular weight is 312 g/mol. The van der Waals surface area contributed by atoms with Gasteiger partial charge >= 0.3 is 0 Å². The van der Waals surface area contributed by atoms with Gasteiger partial charge < -0.3 is 10.1 Å². The summed E-state index contributed by atoms with van der Waals surface area (Å²) >= 11 is 2.26. The van der Waals surface area contributed by atoms with Crippen LogP contribution >= 0.6 is 11.8 Å². The molecule has 0 aromatic heterocycles. The van der Waals surface area contributed by atoms with E-state index in [-0.39, 0.29) is 0 Å². The zero-order valence-electron chi connectivity index (χ0n) is 13.7. The predicted octanol–water partition coefficient (Wildman–Crippen LogP) is 4.38. The Hall–Kier alpha value is 0.270. The van der Waals surface area contributed by atoms with Crippen LogP contribution < -0.4 is 5.32 Å². The van der Waals surface area contributed by atoms with Crippen LogP contribution in [-0.2, 0) is 4.74 Å². The molecule has 1 saturated heterocycles. The Kier molecular flexibility index (Phi) is 5.92. The van der Waals surface area contributed by atoms with Gasteiger partial charge in [-0.15, -0.1) is 0 Å². The topological polar surface area (TPSA) is 21.3 Å². The molecule has 3 fully saturated rings. The molecule has 3 heteroatoms. The van der Waals surface area contributed by atoms with E-state index in [1.165, 1.54) is 76.5 Å². The second kappa shape index (κ2) is 7.70. The number of hydrogen-bond donors (Lipinski definition) is 1. The summed E-state index contributed by atoms with van der Waals surface area (Å²) in [4.78, 5) is 0. The van der Waals surface area contributed by atoms with Gasteiger partial charge in [0.2, 0.25) is 0 Å². The van der Waals surface area contributed by atoms with Crippen molar-refractivity contribution in [2.45, 2.75) is 88.0 Å². The number of hydrogen-bond acceptors (Lipinski definition) is 3. The number of ether oxygens (including phenoxy) is 1. The third kappa shape index (κ3) is 4.17. The largest absolute Gasteiger partial charge is 0.375 e. The highest BCUT2D eigenvalue weighted by atomic mass is 32.2. The fourth-order valence-electron chi connectivity index (χ4n) is 4.31. The van der Waals surface area contributed by atoms with Gasteiger partial charge in [-0.2, -0.15) is 11.8 Å². The summed E-state index contributed by atoms with van der Waals surface area (Å²) in [5.74, 6) is 2.17. The van der Waals surface area contributed by atoms with E-state index in [0.29, 0.717) is 5.60 Å². The summed E-state index contributed by atoms with van der Waals surface area (Å²) in [6, 6.07) is 0.719. The summed E-state index contributed by atoms with van der Waals surface area (Å²) < 4.78 is 6.13. The molecule has 1 aliphatic heterocycles. The molecule has 0 aromatic carbocycles. The van der Waals surface area contributed by atoms with Crippen LogP contribution in [0.5, 0.6) is 0 Å². The SMILES string of the molecule is CCCNC(CSC1CCCC1)C1CCOC2(CCC2)C1. The minimum absolute atomic E-state index is 0.299. The predicted molar refractivity (Wildman–Crippen MR) is 92.1 cm³/mol. The van der Waals surface area contributed by atoms with E-state index in [0.717, 1.165) is 23.8 Å². The molecule has 0 amide bonds. The quantitative estimate of drug-likeness (QED) is 0.754. The lowest BCUT2D eigenvalue weighted by atomic mass is 9.70. The second-order valence-corrected chi connectivity index (χ2v) is 8.77. The molecule has 3 rings (SSSR count). The van der Waals surface area contributed by atoms with Crippen LogP contribution in [0, 0.1) is 5.92 Å². The highest BCUT2D eigenvalue weighted by molar-refractivity contribution is 7.99. The first-order valence-electron chi connectivity index (χ1n) is 9.30. The van der Waals surface area contributed by atoms with Crippen LogP contribution in [0.25, 0.3) is 0 Å². The molecule has 0 radical (unpaired) electrons. The van der Waals surface area contributed by atoms with Crippen LogP contribution in [0.1, 0.15) is 71.1 Å². The maximum atomic E-state index is 6.13. The van der Waals surface area contributed by atoms with Crippen molar-refractivity contribution in [2.24, 2.45) is 5.92 Å². The van der Waals surface area contributed by atoms with Crippen molar-refractivity contribution in [1.82, 2.24) is 5.32 Å². The first-order valence-corrected chi connectivity index (χ1v) is 10.4. The van der Waals surface area contributed by atoms with Gasteiger partial charge in [-0.1, -0.05) is 19.8 Å². The molecule has 0 aromatic rings. The van der Waals surface area contributed by atoms with Crippen LogP contribution in [-0.4, -0.2) is 35.8 Å². The summed E-state index contributed by atoms with van der Waals surface area (Å²) in [6.45, 7) is 4.47. The fraction of sp³-hybridized carbons (Fsp3) is 1.00. The van der Waals surface area contributed by atoms with E-state index in [9.17, 15) is 0 Å². The smallest absolute Gasteiger partial charge is 0.0685 e. The van der Waals surface area contributed by atoms with Crippen molar-refractivity contribution in [1.29, 1.82) is 0 Å². The van der Waals surface area contributed by atoms with E-state index in [4.69, 9.17) is 4.74 Å². The minimum atomic E-state index is 0.299. The van der Waals surface area contributed by atoms with Crippen molar-refractivity contribution in [3.63, 3.8) is 0 Å². The maximum Gasteiger partial charge on any atom is 0.0685 e. The standard InChI is InChI=1S/C18H33NOS/c1-2-11-19-17(14-21-16-6-3-4-7-16)15-8-12-20-18(13-15)9-5-10-18/h15-17,19H,2-14H2,1H3. The zero-order chi connectivity index (χ0) is 14.5. The molecule has 2 atom stereocenters. The second-order valence-electron chi connectivity index (χ2n) is 7.44. The lowest BCUT2D eigenvalue weighted by molar-refractivity contribution is -0.146. The summed E-state index contributed by atoms with van der Waals surface area (Å²) in [5.41, 5.74) is 0.299. The van der Waals surface area contributed by atoms with Gasteiger partial charge in [0.05, 0.1) is 5.60 Å². The molecule has 1 heterocycles. The van der Waals surface area contributed by atoms with E-state index in [1.54, 1.807) is 0 Å². The van der Waals surface area contributed by atoms with Gasteiger partial charge in [-0.25, -0.2) is 0 Å². The molecule has 0 bridgehead atoms. The number of thioether (sulfide) groups is 1. The molecule has 2 saturated carbocycles. The third-order valence-corrected chi connectivity index (χ3v) is 7.33. The third-order valence-electron chi connectivity index (χ3n) is 5.84. The van der Waals surface area contributed by atoms with Gasteiger partial charge in [0.1, 0.15) is 0 Å². The molecule has 122 valence electrons. The fourth-order valence-corrected chi connectivity index (χ4v) is 5.85. The van der Waals surface area contributed by atoms with Crippen molar-refractivity contribution in [2.75, 3.05) is 18.9 Å². The Morgan fingerprint density at radius 2 is 2.00 bits per heavy atom. The molecule has 3 aliphatic rings. The van der Waals surface area contributed by atoms with Gasteiger partial charge in [-0.05, 0) is 63.8 Å². The first kappa shape index (κ1) is 16.1. The van der Waals surface area contributed by atoms with Crippen molar-refractivity contribution >= 4 is 11.8 Å². The van der Waals surface area contributed by atoms with Gasteiger partial charge in [-0.3, -0.25) is 0 Å². The molecule has 2 aliphatic carbocycles. The van der Waals surface area contributed by atoms with Crippen molar-refractivity contribution in [3.8, 4) is 0 Å². The Bertz CT molecular complexity index is 312. The molecular formula is C18H33NOS. The monoisotopic (exact) mass is 311 g/mol. The molecular weight excluding hydrogens is 278 g/mol. The average Bonchev–Trinajstić information content (AvgIpc) is 2.99. The molecule has 1 spiro atoms. The summed E-state index contributed by atoms with van der Waals surface area (Å²) in [6.07, 6.45) is 13.7. The molecule has 2 nitrogen and oxygen atoms in total. The number of nitrogens with one attached hydrogen (secondary N) is 1. The van der Waals surface area contributed by atoms with E-state index in [2.05, 4.69) is 24.0 Å². The van der Waals surface area contributed by atoms with Crippen LogP contribution in [0.4, 0.5) is 0 Å². The lowest BCUT2D eigenvalue weighted by Crippen LogP contribution is -2.51. The summed E-state index contributed by atoms with van der Waals surface area (Å²) in [5, 5.41) is 4.82. The van der Waals surface area contributed by atoms with Crippen LogP contribution in [0.15, 0.2) is 0 Å². The van der Waals surface area contributed by atoms with E-state index < -0.39 is 0 Å². The van der Waals surface area contributed by atoms with Crippen molar-refractivity contribution < 1.29 is 4.74 Å². The highest BCUT2D eigenvalue weighted by Crippen LogP contribution is 2.45. The van der Waals surface area contributed by atoms with Gasteiger partial charge in [0.25, 0.3) is 0 Å². The first-order chi connectivity index (χ1) is 10.3. The molecule has 1 N–H and O–H groups in total. The van der Waals surface area contributed by atoms with Crippen LogP contribution in [0.2, 0.25) is 0 Å². The number of rotatable bonds is 7. The maximum absolute atomic E-state index is 6.13. The lowest BCUT2D eigenvalue weighted by Gasteiger charge is -2.49. The highest BCUT2D eigenvalue weighted by Gasteiger charge is 2.44. The summed E-state index contributed by atoms with van der Waals surface area (Å²) in [7, 11) is 0. The van der Waals surface area contributed by atoms with E-state index in [1.807, 2.05) is 0 Å². The van der Waals surface area contributed by atoms with Crippen molar-refractivity contribution in [3.05, 3.63) is 0 Å². The minimum Gasteiger partial charge on any atom is -0.375 e. The Labute approximate surface area is 135 Å². The normalized spacial score (nSPS) is 30.4. The van der Waals surface area contributed by atoms with E-state index >= 15 is 0 Å². The molecule has 21 heavy (non-hydrogen) atoms. The Balaban J connectivity index is 1.52. The van der Waals surface area contributed by atoms with Gasteiger partial charge in [0, 0.05) is 23.7 Å². The molecule has 2 unspecified atom stereocenters. The van der Waals surface area contributed by atoms with Gasteiger partial charge in [0.15, 0.2) is 0 Å².